The van der Waals surface area contributed by atoms with Crippen molar-refractivity contribution in [2.45, 2.75) is 12.8 Å². The molecule has 0 radical (unpaired) electrons. The van der Waals surface area contributed by atoms with Crippen LogP contribution in [-0.4, -0.2) is 26.8 Å². The Morgan fingerprint density at radius 2 is 2.11 bits per heavy atom. The summed E-state index contributed by atoms with van der Waals surface area (Å²) in [5.41, 5.74) is 0.872. The number of esters is 1. The van der Waals surface area contributed by atoms with Crippen LogP contribution in [0, 0.1) is 5.92 Å². The van der Waals surface area contributed by atoms with E-state index in [2.05, 4.69) is 4.74 Å². The summed E-state index contributed by atoms with van der Waals surface area (Å²) in [6.07, 6.45) is 5.55. The third-order valence-electron chi connectivity index (χ3n) is 2.97. The lowest BCUT2D eigenvalue weighted by Gasteiger charge is -2.10. The first kappa shape index (κ1) is 13.5. The summed E-state index contributed by atoms with van der Waals surface area (Å²) in [4.78, 5) is 11.1. The second-order valence-electron chi connectivity index (χ2n) is 4.52. The Balaban J connectivity index is 2.09. The highest BCUT2D eigenvalue weighted by molar-refractivity contribution is 5.87. The van der Waals surface area contributed by atoms with Crippen LogP contribution in [-0.2, 0) is 9.53 Å². The lowest BCUT2D eigenvalue weighted by molar-refractivity contribution is -0.134. The Kier molecular flexibility index (Phi) is 4.44. The van der Waals surface area contributed by atoms with Gasteiger partial charge >= 0.3 is 5.97 Å². The van der Waals surface area contributed by atoms with Crippen molar-refractivity contribution < 1.29 is 19.0 Å². The summed E-state index contributed by atoms with van der Waals surface area (Å²) in [6, 6.07) is 5.56. The molecule has 0 amide bonds. The molecule has 1 fully saturated rings. The summed E-state index contributed by atoms with van der Waals surface area (Å²) in [5.74, 6) is 1.72. The Hall–Kier alpha value is -1.97. The molecular weight excluding hydrogens is 244 g/mol. The average molecular weight is 262 g/mol. The smallest absolute Gasteiger partial charge is 0.330 e. The topological polar surface area (TPSA) is 44.8 Å². The van der Waals surface area contributed by atoms with Crippen molar-refractivity contribution in [3.8, 4) is 11.5 Å². The van der Waals surface area contributed by atoms with E-state index in [-0.39, 0.29) is 5.97 Å². The van der Waals surface area contributed by atoms with Gasteiger partial charge in [0.25, 0.3) is 0 Å². The highest BCUT2D eigenvalue weighted by atomic mass is 16.5. The van der Waals surface area contributed by atoms with Crippen molar-refractivity contribution in [2.75, 3.05) is 20.8 Å². The van der Waals surface area contributed by atoms with Crippen molar-refractivity contribution in [3.05, 3.63) is 29.8 Å². The number of benzene rings is 1. The van der Waals surface area contributed by atoms with Crippen LogP contribution in [0.3, 0.4) is 0 Å². The largest absolute Gasteiger partial charge is 0.493 e. The molecule has 0 unspecified atom stereocenters. The third kappa shape index (κ3) is 4.02. The first-order valence-corrected chi connectivity index (χ1v) is 6.30. The van der Waals surface area contributed by atoms with Gasteiger partial charge in [-0.1, -0.05) is 6.07 Å². The van der Waals surface area contributed by atoms with Crippen LogP contribution in [0.1, 0.15) is 18.4 Å². The van der Waals surface area contributed by atoms with E-state index < -0.39 is 0 Å². The maximum atomic E-state index is 11.1. The molecule has 0 bridgehead atoms. The molecule has 0 atom stereocenters. The molecule has 1 aromatic rings. The van der Waals surface area contributed by atoms with Crippen LogP contribution in [0.5, 0.6) is 11.5 Å². The number of carbonyl (C=O) groups excluding carboxylic acids is 1. The van der Waals surface area contributed by atoms with E-state index in [1.807, 2.05) is 18.2 Å². The molecule has 0 N–H and O–H groups in total. The minimum Gasteiger partial charge on any atom is -0.493 e. The molecule has 4 heteroatoms. The number of rotatable bonds is 6. The monoisotopic (exact) mass is 262 g/mol. The molecule has 0 heterocycles. The second kappa shape index (κ2) is 6.27. The van der Waals surface area contributed by atoms with Gasteiger partial charge < -0.3 is 14.2 Å². The number of hydrogen-bond donors (Lipinski definition) is 0. The molecule has 1 aromatic carbocycles. The molecule has 4 nitrogen and oxygen atoms in total. The van der Waals surface area contributed by atoms with E-state index in [0.29, 0.717) is 17.4 Å². The summed E-state index contributed by atoms with van der Waals surface area (Å²) in [7, 11) is 2.97. The number of carbonyl (C=O) groups is 1. The molecule has 2 rings (SSSR count). The normalized spacial score (nSPS) is 14.4. The van der Waals surface area contributed by atoms with Crippen molar-refractivity contribution in [1.82, 2.24) is 0 Å². The molecule has 102 valence electrons. The first-order chi connectivity index (χ1) is 9.22. The lowest BCUT2D eigenvalue weighted by Crippen LogP contribution is -2.01. The molecule has 0 saturated heterocycles. The second-order valence-corrected chi connectivity index (χ2v) is 4.52. The molecule has 0 aliphatic heterocycles. The van der Waals surface area contributed by atoms with Gasteiger partial charge in [0.15, 0.2) is 11.5 Å². The fraction of sp³-hybridized carbons (Fsp3) is 0.400. The average Bonchev–Trinajstić information content (AvgIpc) is 3.26. The minimum atomic E-state index is -0.378. The predicted octanol–water partition coefficient (Wildman–Crippen LogP) is 2.67. The van der Waals surface area contributed by atoms with Crippen molar-refractivity contribution in [3.63, 3.8) is 0 Å². The van der Waals surface area contributed by atoms with Crippen molar-refractivity contribution in [2.24, 2.45) is 5.92 Å². The Morgan fingerprint density at radius 3 is 2.74 bits per heavy atom. The van der Waals surface area contributed by atoms with Gasteiger partial charge in [-0.2, -0.15) is 0 Å². The molecule has 1 saturated carbocycles. The van der Waals surface area contributed by atoms with Gasteiger partial charge in [0.1, 0.15) is 0 Å². The van der Waals surface area contributed by atoms with E-state index in [9.17, 15) is 4.79 Å². The molecule has 0 spiro atoms. The van der Waals surface area contributed by atoms with Crippen LogP contribution in [0.4, 0.5) is 0 Å². The van der Waals surface area contributed by atoms with E-state index in [1.54, 1.807) is 13.2 Å². The van der Waals surface area contributed by atoms with Gasteiger partial charge in [-0.05, 0) is 42.5 Å². The zero-order valence-corrected chi connectivity index (χ0v) is 11.2. The molecule has 0 aromatic heterocycles. The molecule has 1 aliphatic rings. The van der Waals surface area contributed by atoms with Gasteiger partial charge in [0.2, 0.25) is 0 Å². The summed E-state index contributed by atoms with van der Waals surface area (Å²) in [5, 5.41) is 0. The first-order valence-electron chi connectivity index (χ1n) is 6.30. The summed E-state index contributed by atoms with van der Waals surface area (Å²) >= 11 is 0. The molecule has 19 heavy (non-hydrogen) atoms. The van der Waals surface area contributed by atoms with E-state index >= 15 is 0 Å². The predicted molar refractivity (Wildman–Crippen MR) is 72.3 cm³/mol. The highest BCUT2D eigenvalue weighted by Crippen LogP contribution is 2.33. The van der Waals surface area contributed by atoms with E-state index in [0.717, 1.165) is 12.2 Å². The maximum absolute atomic E-state index is 11.1. The summed E-state index contributed by atoms with van der Waals surface area (Å²) in [6.45, 7) is 0.723. The quantitative estimate of drug-likeness (QED) is 0.584. The fourth-order valence-corrected chi connectivity index (χ4v) is 1.63. The standard InChI is InChI=1S/C15H18O4/c1-17-13-7-5-11(6-8-15(16)18-2)9-14(13)19-10-12-3-4-12/h5-9,12H,3-4,10H2,1-2H3/b8-6+. The van der Waals surface area contributed by atoms with Crippen LogP contribution in [0.2, 0.25) is 0 Å². The Morgan fingerprint density at radius 1 is 1.32 bits per heavy atom. The van der Waals surface area contributed by atoms with E-state index in [1.165, 1.54) is 26.0 Å². The van der Waals surface area contributed by atoms with Crippen LogP contribution < -0.4 is 9.47 Å². The van der Waals surface area contributed by atoms with Gasteiger partial charge in [-0.15, -0.1) is 0 Å². The number of methoxy groups -OCH3 is 2. The zero-order valence-electron chi connectivity index (χ0n) is 11.2. The number of hydrogen-bond acceptors (Lipinski definition) is 4. The highest BCUT2D eigenvalue weighted by Gasteiger charge is 2.22. The SMILES string of the molecule is COC(=O)/C=C/c1ccc(OC)c(OCC2CC2)c1. The Labute approximate surface area is 113 Å². The van der Waals surface area contributed by atoms with Crippen molar-refractivity contribution >= 4 is 12.0 Å². The van der Waals surface area contributed by atoms with Gasteiger partial charge in [-0.3, -0.25) is 0 Å². The molecular formula is C15H18O4. The van der Waals surface area contributed by atoms with Crippen molar-refractivity contribution in [1.29, 1.82) is 0 Å². The van der Waals surface area contributed by atoms with Crippen LogP contribution >= 0.6 is 0 Å². The molecule has 1 aliphatic carbocycles. The van der Waals surface area contributed by atoms with E-state index in [4.69, 9.17) is 9.47 Å². The zero-order chi connectivity index (χ0) is 13.7. The summed E-state index contributed by atoms with van der Waals surface area (Å²) < 4.78 is 15.6. The van der Waals surface area contributed by atoms with Crippen LogP contribution in [0.25, 0.3) is 6.08 Å². The lowest BCUT2D eigenvalue weighted by atomic mass is 10.2. The van der Waals surface area contributed by atoms with Crippen LogP contribution in [0.15, 0.2) is 24.3 Å². The minimum absolute atomic E-state index is 0.378. The third-order valence-corrected chi connectivity index (χ3v) is 2.97. The Bertz CT molecular complexity index is 475. The van der Waals surface area contributed by atoms with Gasteiger partial charge in [0.05, 0.1) is 20.8 Å². The maximum Gasteiger partial charge on any atom is 0.330 e. The fourth-order valence-electron chi connectivity index (χ4n) is 1.63. The number of ether oxygens (including phenoxy) is 3. The van der Waals surface area contributed by atoms with Gasteiger partial charge in [-0.25, -0.2) is 4.79 Å². The van der Waals surface area contributed by atoms with Gasteiger partial charge in [0, 0.05) is 6.08 Å².